The van der Waals surface area contributed by atoms with Crippen LogP contribution >= 0.6 is 0 Å². The summed E-state index contributed by atoms with van der Waals surface area (Å²) < 4.78 is 20.6. The van der Waals surface area contributed by atoms with Gasteiger partial charge in [0.15, 0.2) is 11.5 Å². The fourth-order valence-corrected chi connectivity index (χ4v) is 4.08. The van der Waals surface area contributed by atoms with Crippen molar-refractivity contribution in [3.8, 4) is 28.7 Å². The van der Waals surface area contributed by atoms with Gasteiger partial charge in [0.2, 0.25) is 17.4 Å². The van der Waals surface area contributed by atoms with Gasteiger partial charge in [0.05, 0.1) is 20.8 Å². The number of ether oxygens (including phenoxy) is 4. The zero-order valence-corrected chi connectivity index (χ0v) is 22.2. The Morgan fingerprint density at radius 3 is 1.92 bits per heavy atom. The molecule has 0 spiro atoms. The lowest BCUT2D eigenvalue weighted by atomic mass is 9.98. The van der Waals surface area contributed by atoms with E-state index in [1.54, 1.807) is 31.2 Å². The molecule has 2 aromatic carbocycles. The molecule has 0 fully saturated rings. The molecule has 0 atom stereocenters. The minimum Gasteiger partial charge on any atom is -0.504 e. The molecule has 0 unspecified atom stereocenters. The summed E-state index contributed by atoms with van der Waals surface area (Å²) in [5, 5.41) is 23.5. The minimum atomic E-state index is -0.739. The molecule has 0 saturated carbocycles. The fourth-order valence-electron chi connectivity index (χ4n) is 4.08. The topological polar surface area (TPSA) is 124 Å². The Balaban J connectivity index is 1.54. The Morgan fingerprint density at radius 1 is 0.811 bits per heavy atom. The van der Waals surface area contributed by atoms with Crippen molar-refractivity contribution in [2.75, 3.05) is 26.1 Å². The smallest absolute Gasteiger partial charge is 0.504 e. The summed E-state index contributed by atoms with van der Waals surface area (Å²) in [5.74, 6) is 0.528. The van der Waals surface area contributed by atoms with Crippen LogP contribution in [0.4, 0.5) is 10.5 Å². The third kappa shape index (κ3) is 9.40. The molecule has 204 valence electrons. The van der Waals surface area contributed by atoms with Crippen LogP contribution in [0.3, 0.4) is 0 Å². The van der Waals surface area contributed by atoms with E-state index in [9.17, 15) is 19.8 Å². The lowest BCUT2D eigenvalue weighted by molar-refractivity contribution is -0.114. The predicted molar refractivity (Wildman–Crippen MR) is 141 cm³/mol. The molecule has 0 radical (unpaired) electrons. The van der Waals surface area contributed by atoms with Crippen molar-refractivity contribution < 1.29 is 38.7 Å². The first kappa shape index (κ1) is 29.6. The van der Waals surface area contributed by atoms with E-state index >= 15 is 0 Å². The van der Waals surface area contributed by atoms with Crippen LogP contribution in [0.15, 0.2) is 24.3 Å². The van der Waals surface area contributed by atoms with Crippen LogP contribution in [-0.2, 0) is 16.0 Å². The van der Waals surface area contributed by atoms with Gasteiger partial charge < -0.3 is 34.5 Å². The maximum Gasteiger partial charge on any atom is 0.513 e. The largest absolute Gasteiger partial charge is 0.513 e. The van der Waals surface area contributed by atoms with Crippen LogP contribution in [0.2, 0.25) is 0 Å². The van der Waals surface area contributed by atoms with Gasteiger partial charge in [-0.25, -0.2) is 4.79 Å². The maximum absolute atomic E-state index is 11.8. The highest BCUT2D eigenvalue weighted by Gasteiger charge is 2.22. The van der Waals surface area contributed by atoms with Gasteiger partial charge >= 0.3 is 6.16 Å². The number of anilines is 1. The van der Waals surface area contributed by atoms with Crippen LogP contribution < -0.4 is 19.5 Å². The number of rotatable bonds is 15. The standard InChI is InChI=1S/C28H39NO8/c1-19-23(25(32)27(35-4)26(34-3)24(19)31)13-11-9-7-5-6-8-10-12-18-36-28(33)37-22-16-14-21(15-17-22)29-20(2)30/h14-17,31-32H,5-13,18H2,1-4H3,(H,29,30). The van der Waals surface area contributed by atoms with E-state index in [-0.39, 0.29) is 28.9 Å². The highest BCUT2D eigenvalue weighted by Crippen LogP contribution is 2.48. The Labute approximate surface area is 218 Å². The second-order valence-electron chi connectivity index (χ2n) is 8.85. The quantitative estimate of drug-likeness (QED) is 0.109. The maximum atomic E-state index is 11.8. The van der Waals surface area contributed by atoms with Gasteiger partial charge in [0, 0.05) is 23.7 Å². The van der Waals surface area contributed by atoms with Gasteiger partial charge in [-0.3, -0.25) is 4.79 Å². The van der Waals surface area contributed by atoms with E-state index < -0.39 is 6.16 Å². The van der Waals surface area contributed by atoms with Gasteiger partial charge in [-0.15, -0.1) is 0 Å². The molecule has 0 saturated heterocycles. The van der Waals surface area contributed by atoms with Crippen molar-refractivity contribution in [2.45, 2.75) is 71.6 Å². The average molecular weight is 518 g/mol. The summed E-state index contributed by atoms with van der Waals surface area (Å²) in [6.45, 7) is 3.50. The van der Waals surface area contributed by atoms with Gasteiger partial charge in [-0.1, -0.05) is 38.5 Å². The zero-order chi connectivity index (χ0) is 27.2. The Hall–Kier alpha value is -3.62. The molecule has 2 rings (SSSR count). The number of phenols is 2. The van der Waals surface area contributed by atoms with Crippen LogP contribution in [-0.4, -0.2) is 43.1 Å². The summed E-state index contributed by atoms with van der Waals surface area (Å²) in [4.78, 5) is 22.8. The van der Waals surface area contributed by atoms with Crippen molar-refractivity contribution in [1.82, 2.24) is 0 Å². The van der Waals surface area contributed by atoms with E-state index in [0.717, 1.165) is 51.4 Å². The van der Waals surface area contributed by atoms with Crippen LogP contribution in [0, 0.1) is 6.92 Å². The van der Waals surface area contributed by atoms with Gasteiger partial charge in [0.25, 0.3) is 0 Å². The third-order valence-corrected chi connectivity index (χ3v) is 6.06. The number of carbonyl (C=O) groups is 2. The molecule has 9 heteroatoms. The first-order chi connectivity index (χ1) is 17.8. The normalized spacial score (nSPS) is 10.6. The molecule has 0 aliphatic heterocycles. The van der Waals surface area contributed by atoms with E-state index in [1.165, 1.54) is 21.1 Å². The van der Waals surface area contributed by atoms with Crippen LogP contribution in [0.5, 0.6) is 28.7 Å². The first-order valence-electron chi connectivity index (χ1n) is 12.7. The molecular weight excluding hydrogens is 478 g/mol. The van der Waals surface area contributed by atoms with Gasteiger partial charge in [-0.05, 0) is 50.5 Å². The summed E-state index contributed by atoms with van der Waals surface area (Å²) in [7, 11) is 2.86. The van der Waals surface area contributed by atoms with Crippen molar-refractivity contribution in [3.63, 3.8) is 0 Å². The average Bonchev–Trinajstić information content (AvgIpc) is 2.87. The van der Waals surface area contributed by atoms with Gasteiger partial charge in [0.1, 0.15) is 5.75 Å². The molecule has 0 bridgehead atoms. The first-order valence-corrected chi connectivity index (χ1v) is 12.7. The fraction of sp³-hybridized carbons (Fsp3) is 0.500. The van der Waals surface area contributed by atoms with E-state index in [2.05, 4.69) is 5.32 Å². The number of unbranched alkanes of at least 4 members (excludes halogenated alkanes) is 7. The highest BCUT2D eigenvalue weighted by atomic mass is 16.7. The molecule has 2 aromatic rings. The predicted octanol–water partition coefficient (Wildman–Crippen LogP) is 6.26. The minimum absolute atomic E-state index is 0.00162. The molecule has 0 aromatic heterocycles. The number of hydrogen-bond acceptors (Lipinski definition) is 8. The number of phenolic OH excluding ortho intramolecular Hbond substituents is 2. The zero-order valence-electron chi connectivity index (χ0n) is 22.2. The third-order valence-electron chi connectivity index (χ3n) is 6.06. The molecule has 1 amide bonds. The van der Waals surface area contributed by atoms with Crippen LogP contribution in [0.25, 0.3) is 0 Å². The number of aromatic hydroxyl groups is 2. The second kappa shape index (κ2) is 15.5. The Kier molecular flexibility index (Phi) is 12.4. The van der Waals surface area contributed by atoms with E-state index in [1.807, 2.05) is 0 Å². The number of nitrogens with one attached hydrogen (secondary N) is 1. The summed E-state index contributed by atoms with van der Waals surface area (Å²) >= 11 is 0. The molecule has 0 aliphatic rings. The summed E-state index contributed by atoms with van der Waals surface area (Å²) in [6, 6.07) is 6.48. The Bertz CT molecular complexity index is 1020. The Morgan fingerprint density at radius 2 is 1.35 bits per heavy atom. The van der Waals surface area contributed by atoms with Crippen molar-refractivity contribution in [2.24, 2.45) is 0 Å². The van der Waals surface area contributed by atoms with Crippen molar-refractivity contribution >= 4 is 17.7 Å². The lowest BCUT2D eigenvalue weighted by Crippen LogP contribution is -2.11. The second-order valence-corrected chi connectivity index (χ2v) is 8.85. The van der Waals surface area contributed by atoms with Crippen molar-refractivity contribution in [3.05, 3.63) is 35.4 Å². The van der Waals surface area contributed by atoms with Gasteiger partial charge in [-0.2, -0.15) is 0 Å². The highest BCUT2D eigenvalue weighted by molar-refractivity contribution is 5.88. The summed E-state index contributed by atoms with van der Waals surface area (Å²) in [5.41, 5.74) is 1.93. The lowest BCUT2D eigenvalue weighted by Gasteiger charge is -2.17. The molecule has 9 nitrogen and oxygen atoms in total. The molecule has 0 aliphatic carbocycles. The number of methoxy groups -OCH3 is 2. The number of hydrogen-bond donors (Lipinski definition) is 3. The monoisotopic (exact) mass is 517 g/mol. The molecular formula is C28H39NO8. The molecule has 37 heavy (non-hydrogen) atoms. The van der Waals surface area contributed by atoms with Crippen LogP contribution in [0.1, 0.15) is 69.4 Å². The SMILES string of the molecule is COc1c(O)c(C)c(CCCCCCCCCCOC(=O)Oc2ccc(NC(C)=O)cc2)c(O)c1OC. The van der Waals surface area contributed by atoms with E-state index in [0.29, 0.717) is 35.6 Å². The number of benzene rings is 2. The number of amides is 1. The van der Waals surface area contributed by atoms with E-state index in [4.69, 9.17) is 18.9 Å². The molecule has 0 heterocycles. The molecule has 3 N–H and O–H groups in total. The summed E-state index contributed by atoms with van der Waals surface area (Å²) in [6.07, 6.45) is 7.94. The van der Waals surface area contributed by atoms with Crippen molar-refractivity contribution in [1.29, 1.82) is 0 Å². The number of carbonyl (C=O) groups excluding carboxylic acids is 2.